The molecule has 1 N–H and O–H groups in total. The molecule has 0 heterocycles. The van der Waals surface area contributed by atoms with Gasteiger partial charge in [0.2, 0.25) is 0 Å². The highest BCUT2D eigenvalue weighted by molar-refractivity contribution is 7.90. The van der Waals surface area contributed by atoms with E-state index in [1.165, 1.54) is 0 Å². The maximum Gasteiger partial charge on any atom is 0.181 e. The third-order valence-corrected chi connectivity index (χ3v) is 3.22. The third kappa shape index (κ3) is 2.99. The Labute approximate surface area is 93.4 Å². The minimum Gasteiger partial charge on any atom is -0.319 e. The summed E-state index contributed by atoms with van der Waals surface area (Å²) in [7, 11) is -2.15. The molecule has 0 aromatic heterocycles. The Balaban J connectivity index is 3.18. The zero-order valence-corrected chi connectivity index (χ0v) is 9.87. The van der Waals surface area contributed by atoms with E-state index in [0.717, 1.165) is 18.4 Å². The smallest absolute Gasteiger partial charge is 0.181 e. The van der Waals surface area contributed by atoms with E-state index in [0.29, 0.717) is 18.5 Å². The van der Waals surface area contributed by atoms with Crippen LogP contribution in [0.5, 0.6) is 0 Å². The van der Waals surface area contributed by atoms with Gasteiger partial charge in [0.15, 0.2) is 9.84 Å². The highest BCUT2D eigenvalue weighted by atomic mass is 32.2. The molecule has 0 radical (unpaired) electrons. The topological polar surface area (TPSA) is 46.2 Å². The van der Waals surface area contributed by atoms with Crippen molar-refractivity contribution in [3.8, 4) is 0 Å². The SMILES string of the molecule is CNCCc1cc(F)c(S(C)(=O)=O)c(F)c1. The molecular weight excluding hydrogens is 236 g/mol. The van der Waals surface area contributed by atoms with Crippen LogP contribution in [0.4, 0.5) is 8.78 Å². The molecule has 6 heteroatoms. The number of nitrogens with one attached hydrogen (secondary N) is 1. The fraction of sp³-hybridized carbons (Fsp3) is 0.400. The van der Waals surface area contributed by atoms with Crippen molar-refractivity contribution in [1.29, 1.82) is 0 Å². The van der Waals surface area contributed by atoms with E-state index in [9.17, 15) is 17.2 Å². The van der Waals surface area contributed by atoms with Crippen LogP contribution in [0.25, 0.3) is 0 Å². The standard InChI is InChI=1S/C10H13F2NO2S/c1-13-4-3-7-5-8(11)10(9(12)6-7)16(2,14)15/h5-6,13H,3-4H2,1-2H3. The molecule has 0 spiro atoms. The van der Waals surface area contributed by atoms with E-state index in [2.05, 4.69) is 5.32 Å². The van der Waals surface area contributed by atoms with Crippen LogP contribution in [0.15, 0.2) is 17.0 Å². The summed E-state index contributed by atoms with van der Waals surface area (Å²) >= 11 is 0. The van der Waals surface area contributed by atoms with Crippen LogP contribution >= 0.6 is 0 Å². The van der Waals surface area contributed by atoms with Gasteiger partial charge in [-0.15, -0.1) is 0 Å². The quantitative estimate of drug-likeness (QED) is 0.870. The molecule has 0 aliphatic carbocycles. The fourth-order valence-corrected chi connectivity index (χ4v) is 2.21. The van der Waals surface area contributed by atoms with Crippen molar-refractivity contribution in [2.24, 2.45) is 0 Å². The van der Waals surface area contributed by atoms with Crippen LogP contribution in [-0.4, -0.2) is 28.3 Å². The lowest BCUT2D eigenvalue weighted by atomic mass is 10.1. The zero-order valence-electron chi connectivity index (χ0n) is 9.05. The minimum absolute atomic E-state index is 0.428. The van der Waals surface area contributed by atoms with Gasteiger partial charge in [-0.3, -0.25) is 0 Å². The second-order valence-corrected chi connectivity index (χ2v) is 5.47. The largest absolute Gasteiger partial charge is 0.319 e. The molecule has 0 atom stereocenters. The summed E-state index contributed by atoms with van der Waals surface area (Å²) < 4.78 is 49.0. The number of benzene rings is 1. The summed E-state index contributed by atoms with van der Waals surface area (Å²) in [6.07, 6.45) is 1.22. The summed E-state index contributed by atoms with van der Waals surface area (Å²) in [6, 6.07) is 2.10. The van der Waals surface area contributed by atoms with Gasteiger partial charge in [-0.25, -0.2) is 17.2 Å². The maximum absolute atomic E-state index is 13.4. The summed E-state index contributed by atoms with van der Waals surface area (Å²) in [5, 5.41) is 2.84. The van der Waals surface area contributed by atoms with Gasteiger partial charge in [0.05, 0.1) is 0 Å². The van der Waals surface area contributed by atoms with Gasteiger partial charge in [0.1, 0.15) is 16.5 Å². The summed E-state index contributed by atoms with van der Waals surface area (Å²) in [6.45, 7) is 0.567. The first-order chi connectivity index (χ1) is 7.36. The second-order valence-electron chi connectivity index (χ2n) is 3.51. The van der Waals surface area contributed by atoms with Crippen molar-refractivity contribution < 1.29 is 17.2 Å². The molecular formula is C10H13F2NO2S. The first kappa shape index (κ1) is 13.1. The summed E-state index contributed by atoms with van der Waals surface area (Å²) in [4.78, 5) is -0.860. The maximum atomic E-state index is 13.4. The Hall–Kier alpha value is -1.01. The third-order valence-electron chi connectivity index (χ3n) is 2.09. The molecule has 1 aromatic carbocycles. The van der Waals surface area contributed by atoms with Crippen molar-refractivity contribution in [3.05, 3.63) is 29.3 Å². The molecule has 90 valence electrons. The number of halogens is 2. The van der Waals surface area contributed by atoms with E-state index in [-0.39, 0.29) is 0 Å². The molecule has 1 rings (SSSR count). The molecule has 1 aromatic rings. The molecule has 0 aliphatic rings. The Kier molecular flexibility index (Phi) is 3.98. The normalized spacial score (nSPS) is 11.8. The van der Waals surface area contributed by atoms with Crippen molar-refractivity contribution >= 4 is 9.84 Å². The van der Waals surface area contributed by atoms with Crippen LogP contribution < -0.4 is 5.32 Å². The Morgan fingerprint density at radius 3 is 2.12 bits per heavy atom. The zero-order chi connectivity index (χ0) is 12.3. The highest BCUT2D eigenvalue weighted by Crippen LogP contribution is 2.20. The van der Waals surface area contributed by atoms with Gasteiger partial charge in [-0.2, -0.15) is 0 Å². The van der Waals surface area contributed by atoms with Crippen molar-refractivity contribution in [2.75, 3.05) is 19.8 Å². The average molecular weight is 249 g/mol. The van der Waals surface area contributed by atoms with Crippen LogP contribution in [-0.2, 0) is 16.3 Å². The van der Waals surface area contributed by atoms with Crippen molar-refractivity contribution in [3.63, 3.8) is 0 Å². The fourth-order valence-electron chi connectivity index (χ4n) is 1.38. The lowest BCUT2D eigenvalue weighted by Gasteiger charge is -2.06. The molecule has 0 unspecified atom stereocenters. The lowest BCUT2D eigenvalue weighted by Crippen LogP contribution is -2.12. The first-order valence-electron chi connectivity index (χ1n) is 4.69. The average Bonchev–Trinajstić information content (AvgIpc) is 2.11. The van der Waals surface area contributed by atoms with Crippen LogP contribution in [0.3, 0.4) is 0 Å². The van der Waals surface area contributed by atoms with E-state index in [4.69, 9.17) is 0 Å². The molecule has 0 saturated carbocycles. The molecule has 16 heavy (non-hydrogen) atoms. The van der Waals surface area contributed by atoms with Crippen LogP contribution in [0, 0.1) is 11.6 Å². The predicted octanol–water partition coefficient (Wildman–Crippen LogP) is 1.13. The van der Waals surface area contributed by atoms with E-state index in [1.54, 1.807) is 7.05 Å². The molecule has 0 bridgehead atoms. The van der Waals surface area contributed by atoms with E-state index >= 15 is 0 Å². The van der Waals surface area contributed by atoms with E-state index in [1.807, 2.05) is 0 Å². The van der Waals surface area contributed by atoms with Gasteiger partial charge in [-0.1, -0.05) is 0 Å². The summed E-state index contributed by atoms with van der Waals surface area (Å²) in [5.74, 6) is -2.07. The molecule has 0 saturated heterocycles. The number of sulfone groups is 1. The Morgan fingerprint density at radius 1 is 1.25 bits per heavy atom. The predicted molar refractivity (Wildman–Crippen MR) is 57.1 cm³/mol. The Bertz CT molecular complexity index is 463. The van der Waals surface area contributed by atoms with Gasteiger partial charge in [0, 0.05) is 6.26 Å². The molecule has 0 amide bonds. The van der Waals surface area contributed by atoms with Gasteiger partial charge < -0.3 is 5.32 Å². The van der Waals surface area contributed by atoms with E-state index < -0.39 is 26.4 Å². The van der Waals surface area contributed by atoms with Crippen LogP contribution in [0.2, 0.25) is 0 Å². The lowest BCUT2D eigenvalue weighted by molar-refractivity contribution is 0.518. The second kappa shape index (κ2) is 4.88. The van der Waals surface area contributed by atoms with Gasteiger partial charge >= 0.3 is 0 Å². The van der Waals surface area contributed by atoms with Crippen molar-refractivity contribution in [1.82, 2.24) is 5.32 Å². The van der Waals surface area contributed by atoms with Crippen molar-refractivity contribution in [2.45, 2.75) is 11.3 Å². The minimum atomic E-state index is -3.87. The molecule has 0 fully saturated rings. The number of hydrogen-bond donors (Lipinski definition) is 1. The molecule has 0 aliphatic heterocycles. The molecule has 3 nitrogen and oxygen atoms in total. The highest BCUT2D eigenvalue weighted by Gasteiger charge is 2.20. The monoisotopic (exact) mass is 249 g/mol. The Morgan fingerprint density at radius 2 is 1.75 bits per heavy atom. The van der Waals surface area contributed by atoms with Gasteiger partial charge in [-0.05, 0) is 37.7 Å². The number of likely N-dealkylation sites (N-methyl/N-ethyl adjacent to an activating group) is 1. The summed E-state index contributed by atoms with van der Waals surface area (Å²) in [5.41, 5.74) is 0.428. The van der Waals surface area contributed by atoms with Crippen LogP contribution in [0.1, 0.15) is 5.56 Å². The number of hydrogen-bond acceptors (Lipinski definition) is 3. The number of rotatable bonds is 4. The first-order valence-corrected chi connectivity index (χ1v) is 6.58. The van der Waals surface area contributed by atoms with Gasteiger partial charge in [0.25, 0.3) is 0 Å².